The topological polar surface area (TPSA) is 86.8 Å². The molecule has 0 bridgehead atoms. The Balaban J connectivity index is 1.57. The van der Waals surface area contributed by atoms with Crippen LogP contribution in [0.25, 0.3) is 10.8 Å². The largest absolute Gasteiger partial charge is 0.352 e. The van der Waals surface area contributed by atoms with Crippen LogP contribution in [-0.4, -0.2) is 55.1 Å². The molecule has 1 atom stereocenters. The standard InChI is InChI=1S/C29H34FN3O4S/c1-3-27(29(35)31-25-10-6-7-11-25)33(19-21-12-15-24(30)16-13-21)28(34)20-32(2)38(36,37)26-17-14-22-8-4-5-9-23(22)18-26/h4-5,8-9,12-18,25,27H,3,6-7,10-11,19-20H2,1-2H3,(H,31,35). The van der Waals surface area contributed by atoms with Crippen LogP contribution >= 0.6 is 0 Å². The maximum absolute atomic E-state index is 13.6. The Labute approximate surface area is 223 Å². The molecule has 3 aromatic carbocycles. The maximum atomic E-state index is 13.6. The van der Waals surface area contributed by atoms with E-state index in [0.717, 1.165) is 40.8 Å². The van der Waals surface area contributed by atoms with Crippen LogP contribution < -0.4 is 5.32 Å². The summed E-state index contributed by atoms with van der Waals surface area (Å²) in [4.78, 5) is 28.4. The number of benzene rings is 3. The molecule has 1 fully saturated rings. The second-order valence-corrected chi connectivity index (χ2v) is 11.9. The van der Waals surface area contributed by atoms with Crippen LogP contribution in [0.2, 0.25) is 0 Å². The predicted molar refractivity (Wildman–Crippen MR) is 145 cm³/mol. The van der Waals surface area contributed by atoms with Crippen molar-refractivity contribution in [3.63, 3.8) is 0 Å². The first-order chi connectivity index (χ1) is 18.2. The molecular weight excluding hydrogens is 505 g/mol. The highest BCUT2D eigenvalue weighted by atomic mass is 32.2. The average molecular weight is 540 g/mol. The summed E-state index contributed by atoms with van der Waals surface area (Å²) in [6, 6.07) is 17.3. The summed E-state index contributed by atoms with van der Waals surface area (Å²) >= 11 is 0. The van der Waals surface area contributed by atoms with Gasteiger partial charge in [-0.05, 0) is 59.9 Å². The second kappa shape index (κ2) is 12.0. The van der Waals surface area contributed by atoms with Crippen LogP contribution in [0.5, 0.6) is 0 Å². The quantitative estimate of drug-likeness (QED) is 0.412. The molecular formula is C29H34FN3O4S. The van der Waals surface area contributed by atoms with Crippen LogP contribution in [0.15, 0.2) is 71.6 Å². The third-order valence-electron chi connectivity index (χ3n) is 7.14. The number of hydrogen-bond donors (Lipinski definition) is 1. The van der Waals surface area contributed by atoms with Gasteiger partial charge in [-0.15, -0.1) is 0 Å². The SMILES string of the molecule is CCC(C(=O)NC1CCCC1)N(Cc1ccc(F)cc1)C(=O)CN(C)S(=O)(=O)c1ccc2ccccc2c1. The van der Waals surface area contributed by atoms with E-state index in [1.54, 1.807) is 24.3 Å². The third kappa shape index (κ3) is 6.39. The van der Waals surface area contributed by atoms with Gasteiger partial charge in [-0.3, -0.25) is 9.59 Å². The van der Waals surface area contributed by atoms with Gasteiger partial charge < -0.3 is 10.2 Å². The van der Waals surface area contributed by atoms with Crippen molar-refractivity contribution in [1.29, 1.82) is 0 Å². The average Bonchev–Trinajstić information content (AvgIpc) is 3.42. The third-order valence-corrected chi connectivity index (χ3v) is 8.94. The zero-order valence-corrected chi connectivity index (χ0v) is 22.6. The second-order valence-electron chi connectivity index (χ2n) is 9.83. The van der Waals surface area contributed by atoms with Crippen LogP contribution in [0.1, 0.15) is 44.6 Å². The van der Waals surface area contributed by atoms with E-state index in [1.807, 2.05) is 31.2 Å². The fourth-order valence-corrected chi connectivity index (χ4v) is 6.10. The zero-order valence-electron chi connectivity index (χ0n) is 21.8. The summed E-state index contributed by atoms with van der Waals surface area (Å²) in [5.41, 5.74) is 0.645. The molecule has 0 aliphatic heterocycles. The number of rotatable bonds is 10. The van der Waals surface area contributed by atoms with E-state index in [9.17, 15) is 22.4 Å². The van der Waals surface area contributed by atoms with Gasteiger partial charge in [0.1, 0.15) is 11.9 Å². The smallest absolute Gasteiger partial charge is 0.243 e. The van der Waals surface area contributed by atoms with Crippen molar-refractivity contribution in [3.8, 4) is 0 Å². The molecule has 202 valence electrons. The number of nitrogens with zero attached hydrogens (tertiary/aromatic N) is 2. The van der Waals surface area contributed by atoms with Crippen molar-refractivity contribution in [2.45, 2.75) is 62.6 Å². The van der Waals surface area contributed by atoms with Crippen LogP contribution in [-0.2, 0) is 26.2 Å². The van der Waals surface area contributed by atoms with Crippen molar-refractivity contribution in [2.75, 3.05) is 13.6 Å². The molecule has 0 spiro atoms. The molecule has 38 heavy (non-hydrogen) atoms. The summed E-state index contributed by atoms with van der Waals surface area (Å²) in [5, 5.41) is 4.75. The minimum Gasteiger partial charge on any atom is -0.352 e. The molecule has 0 saturated heterocycles. The van der Waals surface area contributed by atoms with Gasteiger partial charge in [0.15, 0.2) is 0 Å². The van der Waals surface area contributed by atoms with Crippen molar-refractivity contribution in [1.82, 2.24) is 14.5 Å². The van der Waals surface area contributed by atoms with Gasteiger partial charge in [0.25, 0.3) is 0 Å². The molecule has 1 saturated carbocycles. The summed E-state index contributed by atoms with van der Waals surface area (Å²) in [5.74, 6) is -1.16. The number of halogens is 1. The van der Waals surface area contributed by atoms with Gasteiger partial charge in [0.05, 0.1) is 11.4 Å². The fraction of sp³-hybridized carbons (Fsp3) is 0.379. The lowest BCUT2D eigenvalue weighted by Crippen LogP contribution is -2.53. The van der Waals surface area contributed by atoms with E-state index in [4.69, 9.17) is 0 Å². The molecule has 3 aromatic rings. The molecule has 1 aliphatic carbocycles. The molecule has 1 unspecified atom stereocenters. The molecule has 4 rings (SSSR count). The molecule has 7 nitrogen and oxygen atoms in total. The number of carbonyl (C=O) groups is 2. The van der Waals surface area contributed by atoms with E-state index >= 15 is 0 Å². The summed E-state index contributed by atoms with van der Waals surface area (Å²) in [6.07, 6.45) is 4.27. The van der Waals surface area contributed by atoms with E-state index in [0.29, 0.717) is 12.0 Å². The molecule has 0 heterocycles. The minimum atomic E-state index is -3.97. The van der Waals surface area contributed by atoms with Gasteiger partial charge in [-0.1, -0.05) is 62.2 Å². The van der Waals surface area contributed by atoms with E-state index in [-0.39, 0.29) is 23.4 Å². The van der Waals surface area contributed by atoms with Crippen LogP contribution in [0, 0.1) is 5.82 Å². The van der Waals surface area contributed by atoms with Gasteiger partial charge in [-0.25, -0.2) is 12.8 Å². The Morgan fingerprint density at radius 1 is 1.00 bits per heavy atom. The number of hydrogen-bond acceptors (Lipinski definition) is 4. The number of likely N-dealkylation sites (N-methyl/N-ethyl adjacent to an activating group) is 1. The molecule has 1 aliphatic rings. The summed E-state index contributed by atoms with van der Waals surface area (Å²) in [6.45, 7) is 1.43. The van der Waals surface area contributed by atoms with E-state index < -0.39 is 34.3 Å². The Bertz CT molecular complexity index is 1390. The van der Waals surface area contributed by atoms with E-state index in [2.05, 4.69) is 5.32 Å². The van der Waals surface area contributed by atoms with Crippen LogP contribution in [0.3, 0.4) is 0 Å². The Kier molecular flexibility index (Phi) is 8.79. The lowest BCUT2D eigenvalue weighted by Gasteiger charge is -2.32. The normalized spacial score (nSPS) is 15.1. The molecule has 1 N–H and O–H groups in total. The Hall–Kier alpha value is -3.30. The number of sulfonamides is 1. The summed E-state index contributed by atoms with van der Waals surface area (Å²) in [7, 11) is -2.61. The van der Waals surface area contributed by atoms with Gasteiger partial charge >= 0.3 is 0 Å². The zero-order chi connectivity index (χ0) is 27.3. The molecule has 9 heteroatoms. The van der Waals surface area contributed by atoms with E-state index in [1.165, 1.54) is 30.1 Å². The van der Waals surface area contributed by atoms with Gasteiger partial charge in [0.2, 0.25) is 21.8 Å². The lowest BCUT2D eigenvalue weighted by atomic mass is 10.1. The first kappa shape index (κ1) is 27.7. The summed E-state index contributed by atoms with van der Waals surface area (Å²) < 4.78 is 41.3. The van der Waals surface area contributed by atoms with Crippen molar-refractivity contribution >= 4 is 32.6 Å². The van der Waals surface area contributed by atoms with Gasteiger partial charge in [-0.2, -0.15) is 4.31 Å². The lowest BCUT2D eigenvalue weighted by molar-refractivity contribution is -0.141. The highest BCUT2D eigenvalue weighted by Crippen LogP contribution is 2.23. The number of amides is 2. The monoisotopic (exact) mass is 539 g/mol. The van der Waals surface area contributed by atoms with Crippen molar-refractivity contribution in [2.24, 2.45) is 0 Å². The molecule has 0 aromatic heterocycles. The molecule has 2 amide bonds. The van der Waals surface area contributed by atoms with Crippen LogP contribution in [0.4, 0.5) is 4.39 Å². The fourth-order valence-electron chi connectivity index (χ4n) is 4.95. The van der Waals surface area contributed by atoms with Gasteiger partial charge in [0, 0.05) is 19.6 Å². The Morgan fingerprint density at radius 3 is 2.32 bits per heavy atom. The first-order valence-electron chi connectivity index (χ1n) is 13.0. The first-order valence-corrected chi connectivity index (χ1v) is 14.4. The minimum absolute atomic E-state index is 0.0551. The van der Waals surface area contributed by atoms with Crippen molar-refractivity contribution in [3.05, 3.63) is 78.1 Å². The predicted octanol–water partition coefficient (Wildman–Crippen LogP) is 4.47. The Morgan fingerprint density at radius 2 is 1.66 bits per heavy atom. The number of fused-ring (bicyclic) bond motifs is 1. The maximum Gasteiger partial charge on any atom is 0.243 e. The number of nitrogens with one attached hydrogen (secondary N) is 1. The van der Waals surface area contributed by atoms with Crippen molar-refractivity contribution < 1.29 is 22.4 Å². The highest BCUT2D eigenvalue weighted by molar-refractivity contribution is 7.89. The number of carbonyl (C=O) groups excluding carboxylic acids is 2. The highest BCUT2D eigenvalue weighted by Gasteiger charge is 2.33. The molecule has 0 radical (unpaired) electrons.